The minimum atomic E-state index is -0.997. The van der Waals surface area contributed by atoms with Crippen LogP contribution in [-0.4, -0.2) is 30.2 Å². The number of esters is 1. The molecule has 0 heterocycles. The van der Waals surface area contributed by atoms with E-state index in [1.807, 2.05) is 31.2 Å². The predicted molar refractivity (Wildman–Crippen MR) is 92.6 cm³/mol. The van der Waals surface area contributed by atoms with E-state index in [0.29, 0.717) is 6.54 Å². The summed E-state index contributed by atoms with van der Waals surface area (Å²) in [5, 5.41) is 12.7. The molecule has 0 aromatic heterocycles. The fourth-order valence-electron chi connectivity index (χ4n) is 2.17. The second kappa shape index (κ2) is 8.19. The van der Waals surface area contributed by atoms with Crippen LogP contribution < -0.4 is 10.1 Å². The van der Waals surface area contributed by atoms with E-state index < -0.39 is 18.0 Å². The summed E-state index contributed by atoms with van der Waals surface area (Å²) in [5.41, 5.74) is 2.02. The minimum Gasteiger partial charge on any atom is -0.504 e. The molecule has 0 saturated carbocycles. The molecule has 0 aliphatic carbocycles. The Morgan fingerprint density at radius 1 is 1.16 bits per heavy atom. The number of phenols is 1. The molecular formula is C19H21NO5. The zero-order chi connectivity index (χ0) is 18.4. The summed E-state index contributed by atoms with van der Waals surface area (Å²) in [6, 6.07) is 12.2. The molecule has 1 atom stereocenters. The van der Waals surface area contributed by atoms with Gasteiger partial charge >= 0.3 is 5.97 Å². The molecule has 0 radical (unpaired) electrons. The zero-order valence-corrected chi connectivity index (χ0v) is 14.4. The van der Waals surface area contributed by atoms with Gasteiger partial charge < -0.3 is 19.9 Å². The van der Waals surface area contributed by atoms with Gasteiger partial charge in [0.2, 0.25) is 0 Å². The van der Waals surface area contributed by atoms with Crippen LogP contribution in [0, 0.1) is 6.92 Å². The van der Waals surface area contributed by atoms with Crippen molar-refractivity contribution < 1.29 is 24.2 Å². The molecule has 132 valence electrons. The van der Waals surface area contributed by atoms with Gasteiger partial charge in [-0.05, 0) is 31.5 Å². The quantitative estimate of drug-likeness (QED) is 0.788. The van der Waals surface area contributed by atoms with E-state index in [4.69, 9.17) is 9.47 Å². The standard InChI is InChI=1S/C19H21NO5/c1-12-7-9-14(10-8-12)11-20-18(22)13(2)25-19(23)15-5-4-6-16(24-3)17(15)21/h4-10,13,21H,11H2,1-3H3,(H,20,22). The van der Waals surface area contributed by atoms with Crippen molar-refractivity contribution in [1.29, 1.82) is 0 Å². The van der Waals surface area contributed by atoms with Crippen LogP contribution in [0.4, 0.5) is 0 Å². The average molecular weight is 343 g/mol. The summed E-state index contributed by atoms with van der Waals surface area (Å²) in [6.07, 6.45) is -0.997. The number of carbonyl (C=O) groups excluding carboxylic acids is 2. The monoisotopic (exact) mass is 343 g/mol. The molecule has 1 unspecified atom stereocenters. The molecule has 0 aliphatic heterocycles. The summed E-state index contributed by atoms with van der Waals surface area (Å²) in [7, 11) is 1.38. The van der Waals surface area contributed by atoms with E-state index in [2.05, 4.69) is 5.32 Å². The maximum atomic E-state index is 12.1. The largest absolute Gasteiger partial charge is 0.504 e. The third kappa shape index (κ3) is 4.73. The van der Waals surface area contributed by atoms with Crippen LogP contribution in [0.3, 0.4) is 0 Å². The summed E-state index contributed by atoms with van der Waals surface area (Å²) < 4.78 is 10.1. The number of phenolic OH excluding ortho intramolecular Hbond substituents is 1. The fourth-order valence-corrected chi connectivity index (χ4v) is 2.17. The lowest BCUT2D eigenvalue weighted by Gasteiger charge is -2.14. The number of hydrogen-bond acceptors (Lipinski definition) is 5. The topological polar surface area (TPSA) is 84.9 Å². The lowest BCUT2D eigenvalue weighted by Crippen LogP contribution is -2.35. The Morgan fingerprint density at radius 2 is 1.84 bits per heavy atom. The maximum absolute atomic E-state index is 12.1. The second-order valence-corrected chi connectivity index (χ2v) is 5.61. The number of ether oxygens (including phenoxy) is 2. The number of benzene rings is 2. The molecule has 25 heavy (non-hydrogen) atoms. The van der Waals surface area contributed by atoms with Crippen molar-refractivity contribution in [3.05, 3.63) is 59.2 Å². The highest BCUT2D eigenvalue weighted by atomic mass is 16.5. The van der Waals surface area contributed by atoms with Crippen LogP contribution in [0.15, 0.2) is 42.5 Å². The van der Waals surface area contributed by atoms with Gasteiger partial charge in [-0.3, -0.25) is 4.79 Å². The van der Waals surface area contributed by atoms with E-state index in [-0.39, 0.29) is 17.1 Å². The number of hydrogen-bond donors (Lipinski definition) is 2. The third-order valence-electron chi connectivity index (χ3n) is 3.68. The smallest absolute Gasteiger partial charge is 0.342 e. The molecule has 2 aromatic rings. The first-order valence-electron chi connectivity index (χ1n) is 7.82. The van der Waals surface area contributed by atoms with Gasteiger partial charge in [0.1, 0.15) is 5.56 Å². The van der Waals surface area contributed by atoms with Gasteiger partial charge in [0.25, 0.3) is 5.91 Å². The van der Waals surface area contributed by atoms with Gasteiger partial charge in [-0.15, -0.1) is 0 Å². The van der Waals surface area contributed by atoms with Gasteiger partial charge in [-0.1, -0.05) is 35.9 Å². The zero-order valence-electron chi connectivity index (χ0n) is 14.4. The highest BCUT2D eigenvalue weighted by Gasteiger charge is 2.22. The van der Waals surface area contributed by atoms with Gasteiger partial charge in [-0.2, -0.15) is 0 Å². The van der Waals surface area contributed by atoms with Crippen LogP contribution in [0.25, 0.3) is 0 Å². The SMILES string of the molecule is COc1cccc(C(=O)OC(C)C(=O)NCc2ccc(C)cc2)c1O. The molecule has 0 saturated heterocycles. The molecule has 6 heteroatoms. The number of methoxy groups -OCH3 is 1. The summed E-state index contributed by atoms with van der Waals surface area (Å²) in [4.78, 5) is 24.2. The normalized spacial score (nSPS) is 11.5. The van der Waals surface area contributed by atoms with E-state index >= 15 is 0 Å². The van der Waals surface area contributed by atoms with Crippen molar-refractivity contribution in [3.63, 3.8) is 0 Å². The molecule has 6 nitrogen and oxygen atoms in total. The predicted octanol–water partition coefficient (Wildman–Crippen LogP) is 2.57. The van der Waals surface area contributed by atoms with Gasteiger partial charge in [0.15, 0.2) is 17.6 Å². The molecule has 1 amide bonds. The Bertz CT molecular complexity index is 755. The fraction of sp³-hybridized carbons (Fsp3) is 0.263. The Kier molecular flexibility index (Phi) is 6.00. The van der Waals surface area contributed by atoms with E-state index in [9.17, 15) is 14.7 Å². The van der Waals surface area contributed by atoms with E-state index in [0.717, 1.165) is 11.1 Å². The first-order chi connectivity index (χ1) is 11.9. The van der Waals surface area contributed by atoms with Crippen molar-refractivity contribution in [1.82, 2.24) is 5.32 Å². The Balaban J connectivity index is 1.94. The van der Waals surface area contributed by atoms with Gasteiger partial charge in [0.05, 0.1) is 7.11 Å². The molecule has 2 aromatic carbocycles. The van der Waals surface area contributed by atoms with Crippen molar-refractivity contribution >= 4 is 11.9 Å². The summed E-state index contributed by atoms with van der Waals surface area (Å²) in [6.45, 7) is 3.79. The first-order valence-corrected chi connectivity index (χ1v) is 7.82. The number of amides is 1. The van der Waals surface area contributed by atoms with Crippen LogP contribution in [0.1, 0.15) is 28.4 Å². The average Bonchev–Trinajstić information content (AvgIpc) is 2.61. The lowest BCUT2D eigenvalue weighted by atomic mass is 10.1. The van der Waals surface area contributed by atoms with Crippen molar-refractivity contribution in [2.24, 2.45) is 0 Å². The number of aryl methyl sites for hydroxylation is 1. The third-order valence-corrected chi connectivity index (χ3v) is 3.68. The van der Waals surface area contributed by atoms with Crippen LogP contribution in [-0.2, 0) is 16.1 Å². The Morgan fingerprint density at radius 3 is 2.48 bits per heavy atom. The first kappa shape index (κ1) is 18.3. The molecular weight excluding hydrogens is 322 g/mol. The van der Waals surface area contributed by atoms with Gasteiger partial charge in [-0.25, -0.2) is 4.79 Å². The lowest BCUT2D eigenvalue weighted by molar-refractivity contribution is -0.129. The Labute approximate surface area is 146 Å². The highest BCUT2D eigenvalue weighted by Crippen LogP contribution is 2.29. The van der Waals surface area contributed by atoms with E-state index in [1.54, 1.807) is 6.07 Å². The number of carbonyl (C=O) groups is 2. The second-order valence-electron chi connectivity index (χ2n) is 5.61. The molecule has 2 N–H and O–H groups in total. The maximum Gasteiger partial charge on any atom is 0.342 e. The number of nitrogens with one attached hydrogen (secondary N) is 1. The molecule has 0 aliphatic rings. The number of para-hydroxylation sites is 1. The van der Waals surface area contributed by atoms with E-state index in [1.165, 1.54) is 26.2 Å². The van der Waals surface area contributed by atoms with Crippen LogP contribution >= 0.6 is 0 Å². The molecule has 0 spiro atoms. The number of rotatable bonds is 6. The minimum absolute atomic E-state index is 0.0578. The molecule has 0 fully saturated rings. The molecule has 2 rings (SSSR count). The van der Waals surface area contributed by atoms with Gasteiger partial charge in [0, 0.05) is 6.54 Å². The van der Waals surface area contributed by atoms with Crippen molar-refractivity contribution in [2.45, 2.75) is 26.5 Å². The summed E-state index contributed by atoms with van der Waals surface area (Å²) in [5.74, 6) is -1.38. The summed E-state index contributed by atoms with van der Waals surface area (Å²) >= 11 is 0. The van der Waals surface area contributed by atoms with Crippen LogP contribution in [0.2, 0.25) is 0 Å². The van der Waals surface area contributed by atoms with Crippen LogP contribution in [0.5, 0.6) is 11.5 Å². The molecule has 0 bridgehead atoms. The highest BCUT2D eigenvalue weighted by molar-refractivity contribution is 5.95. The van der Waals surface area contributed by atoms with Crippen molar-refractivity contribution in [3.8, 4) is 11.5 Å². The number of aromatic hydroxyl groups is 1. The van der Waals surface area contributed by atoms with Crippen molar-refractivity contribution in [2.75, 3.05) is 7.11 Å². The Hall–Kier alpha value is -3.02.